The number of rotatable bonds is 9. The van der Waals surface area contributed by atoms with E-state index in [-0.39, 0.29) is 10.5 Å². The summed E-state index contributed by atoms with van der Waals surface area (Å²) < 4.78 is 0. The van der Waals surface area contributed by atoms with Crippen LogP contribution in [0.5, 0.6) is 0 Å². The quantitative estimate of drug-likeness (QED) is 0.164. The fourth-order valence-corrected chi connectivity index (χ4v) is 11.9. The van der Waals surface area contributed by atoms with Crippen LogP contribution in [-0.4, -0.2) is 8.07 Å². The molecule has 1 heteroatoms. The lowest BCUT2D eigenvalue weighted by atomic mass is 9.77. The summed E-state index contributed by atoms with van der Waals surface area (Å²) in [5.41, 5.74) is 4.28. The number of hydrogen-bond donors (Lipinski definition) is 0. The van der Waals surface area contributed by atoms with Gasteiger partial charge in [0.05, 0.1) is 0 Å². The van der Waals surface area contributed by atoms with Crippen molar-refractivity contribution in [1.29, 1.82) is 0 Å². The average Bonchev–Trinajstić information content (AvgIpc) is 2.94. The van der Waals surface area contributed by atoms with Gasteiger partial charge >= 0.3 is 0 Å². The second-order valence-electron chi connectivity index (χ2n) is 11.1. The van der Waals surface area contributed by atoms with Crippen LogP contribution in [0.4, 0.5) is 0 Å². The maximum absolute atomic E-state index is 2.48. The molecule has 0 heterocycles. The van der Waals surface area contributed by atoms with Gasteiger partial charge in [-0.1, -0.05) is 157 Å². The first-order valence-corrected chi connectivity index (χ1v) is 15.6. The van der Waals surface area contributed by atoms with Crippen molar-refractivity contribution in [3.63, 3.8) is 0 Å². The van der Waals surface area contributed by atoms with Crippen LogP contribution in [0.25, 0.3) is 11.1 Å². The van der Waals surface area contributed by atoms with Crippen molar-refractivity contribution in [2.75, 3.05) is 0 Å². The van der Waals surface area contributed by atoms with E-state index >= 15 is 0 Å². The normalized spacial score (nSPS) is 12.5. The maximum atomic E-state index is 2.48. The standard InChI is InChI=1S/C35H42Si/c1-7-34(4,5)36(31-16-12-10-13-17-31,32-18-14-11-15-19-32)33-26-22-29(23-27-33)28-20-24-30(25-21-28)35(6,8-2)9-3/h10-27H,7-9H2,1-6H3. The zero-order valence-corrected chi connectivity index (χ0v) is 24.0. The van der Waals surface area contributed by atoms with E-state index in [1.165, 1.54) is 32.3 Å². The lowest BCUT2D eigenvalue weighted by molar-refractivity contribution is 0.439. The van der Waals surface area contributed by atoms with Crippen LogP contribution < -0.4 is 15.6 Å². The maximum Gasteiger partial charge on any atom is 0.153 e. The van der Waals surface area contributed by atoms with E-state index in [4.69, 9.17) is 0 Å². The van der Waals surface area contributed by atoms with E-state index in [1.807, 2.05) is 0 Å². The monoisotopic (exact) mass is 490 g/mol. The van der Waals surface area contributed by atoms with Crippen LogP contribution in [0.3, 0.4) is 0 Å². The van der Waals surface area contributed by atoms with Crippen molar-refractivity contribution in [3.05, 3.63) is 115 Å². The molecule has 0 radical (unpaired) electrons. The summed E-state index contributed by atoms with van der Waals surface area (Å²) in [5, 5.41) is 4.60. The third kappa shape index (κ3) is 4.50. The van der Waals surface area contributed by atoms with E-state index in [9.17, 15) is 0 Å². The fraction of sp³-hybridized carbons (Fsp3) is 0.314. The molecule has 4 aromatic carbocycles. The van der Waals surface area contributed by atoms with E-state index in [1.54, 1.807) is 0 Å². The summed E-state index contributed by atoms with van der Waals surface area (Å²) in [7, 11) is -2.32. The molecule has 0 aromatic heterocycles. The van der Waals surface area contributed by atoms with E-state index in [0.29, 0.717) is 0 Å². The Morgan fingerprint density at radius 2 is 0.861 bits per heavy atom. The summed E-state index contributed by atoms with van der Waals surface area (Å²) in [4.78, 5) is 0. The first-order valence-electron chi connectivity index (χ1n) is 13.6. The van der Waals surface area contributed by atoms with Gasteiger partial charge in [0.2, 0.25) is 0 Å². The van der Waals surface area contributed by atoms with Gasteiger partial charge in [-0.2, -0.15) is 0 Å². The molecule has 186 valence electrons. The van der Waals surface area contributed by atoms with Crippen molar-refractivity contribution in [3.8, 4) is 11.1 Å². The first-order chi connectivity index (χ1) is 17.3. The smallest absolute Gasteiger partial charge is 0.0651 e. The Labute approximate surface area is 220 Å². The molecule has 0 aliphatic rings. The highest BCUT2D eigenvalue weighted by atomic mass is 28.3. The van der Waals surface area contributed by atoms with Gasteiger partial charge in [0.1, 0.15) is 0 Å². The summed E-state index contributed by atoms with van der Waals surface area (Å²) in [6.45, 7) is 14.3. The van der Waals surface area contributed by atoms with Gasteiger partial charge in [0.25, 0.3) is 0 Å². The molecule has 0 atom stereocenters. The highest BCUT2D eigenvalue weighted by Crippen LogP contribution is 2.40. The van der Waals surface area contributed by atoms with Gasteiger partial charge in [-0.15, -0.1) is 0 Å². The molecule has 4 aromatic rings. The molecule has 0 spiro atoms. The van der Waals surface area contributed by atoms with Crippen molar-refractivity contribution < 1.29 is 0 Å². The lowest BCUT2D eigenvalue weighted by Gasteiger charge is -2.46. The Balaban J connectivity index is 1.84. The molecule has 0 saturated carbocycles. The van der Waals surface area contributed by atoms with Gasteiger partial charge in [-0.25, -0.2) is 0 Å². The van der Waals surface area contributed by atoms with Crippen LogP contribution in [0.1, 0.15) is 66.4 Å². The largest absolute Gasteiger partial charge is 0.153 e. The topological polar surface area (TPSA) is 0 Å². The van der Waals surface area contributed by atoms with Crippen LogP contribution in [-0.2, 0) is 5.41 Å². The summed E-state index contributed by atoms with van der Waals surface area (Å²) in [6, 6.07) is 41.4. The van der Waals surface area contributed by atoms with Crippen molar-refractivity contribution in [1.82, 2.24) is 0 Å². The lowest BCUT2D eigenvalue weighted by Crippen LogP contribution is -2.72. The van der Waals surface area contributed by atoms with Gasteiger partial charge in [-0.05, 0) is 55.5 Å². The van der Waals surface area contributed by atoms with Crippen LogP contribution in [0.2, 0.25) is 5.04 Å². The molecule has 0 amide bonds. The van der Waals surface area contributed by atoms with Crippen molar-refractivity contribution in [2.45, 2.75) is 71.3 Å². The Kier molecular flexibility index (Phi) is 7.71. The fourth-order valence-electron chi connectivity index (χ4n) is 5.95. The molecule has 0 saturated heterocycles. The summed E-state index contributed by atoms with van der Waals surface area (Å²) in [6.07, 6.45) is 3.45. The molecular formula is C35H42Si. The molecule has 0 unspecified atom stereocenters. The van der Waals surface area contributed by atoms with Gasteiger partial charge < -0.3 is 0 Å². The molecule has 36 heavy (non-hydrogen) atoms. The van der Waals surface area contributed by atoms with Crippen LogP contribution >= 0.6 is 0 Å². The van der Waals surface area contributed by atoms with E-state index in [0.717, 1.165) is 19.3 Å². The molecule has 0 aliphatic carbocycles. The van der Waals surface area contributed by atoms with Crippen LogP contribution in [0, 0.1) is 0 Å². The Morgan fingerprint density at radius 3 is 1.25 bits per heavy atom. The van der Waals surface area contributed by atoms with Crippen molar-refractivity contribution in [2.24, 2.45) is 0 Å². The Hall–Kier alpha value is -2.90. The predicted molar refractivity (Wildman–Crippen MR) is 162 cm³/mol. The SMILES string of the molecule is CCC(C)(CC)c1ccc(-c2ccc([Si](c3ccccc3)(c3ccccc3)C(C)(C)CC)cc2)cc1. The third-order valence-corrected chi connectivity index (χ3v) is 15.1. The predicted octanol–water partition coefficient (Wildman–Crippen LogP) is 8.09. The van der Waals surface area contributed by atoms with Crippen molar-refractivity contribution >= 4 is 23.6 Å². The highest BCUT2D eigenvalue weighted by molar-refractivity contribution is 7.13. The second-order valence-corrected chi connectivity index (χ2v) is 15.7. The third-order valence-electron chi connectivity index (χ3n) is 9.11. The van der Waals surface area contributed by atoms with E-state index < -0.39 is 8.07 Å². The molecule has 4 rings (SSSR count). The summed E-state index contributed by atoms with van der Waals surface area (Å²) >= 11 is 0. The molecule has 0 aliphatic heterocycles. The first kappa shape index (κ1) is 26.2. The minimum Gasteiger partial charge on any atom is -0.0651 e. The second kappa shape index (κ2) is 10.6. The Morgan fingerprint density at radius 1 is 0.472 bits per heavy atom. The van der Waals surface area contributed by atoms with Crippen LogP contribution in [0.15, 0.2) is 109 Å². The average molecular weight is 491 g/mol. The van der Waals surface area contributed by atoms with Gasteiger partial charge in [-0.3, -0.25) is 0 Å². The van der Waals surface area contributed by atoms with Gasteiger partial charge in [0.15, 0.2) is 8.07 Å². The zero-order chi connectivity index (χ0) is 25.8. The minimum absolute atomic E-state index is 0.142. The summed E-state index contributed by atoms with van der Waals surface area (Å²) in [5.74, 6) is 0. The number of benzene rings is 4. The minimum atomic E-state index is -2.32. The molecule has 0 fully saturated rings. The number of hydrogen-bond acceptors (Lipinski definition) is 0. The molecule has 0 bridgehead atoms. The van der Waals surface area contributed by atoms with E-state index in [2.05, 4.69) is 151 Å². The molecular weight excluding hydrogens is 448 g/mol. The molecule has 0 N–H and O–H groups in total. The zero-order valence-electron chi connectivity index (χ0n) is 23.0. The highest BCUT2D eigenvalue weighted by Gasteiger charge is 2.50. The Bertz CT molecular complexity index is 1190. The van der Waals surface area contributed by atoms with Gasteiger partial charge in [0, 0.05) is 0 Å². The molecule has 0 nitrogen and oxygen atoms in total.